The third-order valence-corrected chi connectivity index (χ3v) is 2.74. The van der Waals surface area contributed by atoms with Crippen LogP contribution in [0.2, 0.25) is 0 Å². The van der Waals surface area contributed by atoms with Crippen LogP contribution in [0, 0.1) is 0 Å². The smallest absolute Gasteiger partial charge is 0.338 e. The lowest BCUT2D eigenvalue weighted by molar-refractivity contribution is 0.0259. The number of carbonyl (C=O) groups is 2. The van der Waals surface area contributed by atoms with Crippen LogP contribution in [0.15, 0.2) is 60.7 Å². The van der Waals surface area contributed by atoms with Crippen molar-refractivity contribution in [1.29, 1.82) is 0 Å². The fourth-order valence-corrected chi connectivity index (χ4v) is 1.68. The van der Waals surface area contributed by atoms with Crippen LogP contribution < -0.4 is 0 Å². The second-order valence-electron chi connectivity index (χ2n) is 4.21. The third kappa shape index (κ3) is 3.52. The average molecular weight is 270 g/mol. The molecule has 2 aromatic carbocycles. The SMILES string of the molecule is O=C(OCC(O)C(=O)c1ccccc1)c1ccccc1. The van der Waals surface area contributed by atoms with Gasteiger partial charge in [0.15, 0.2) is 11.9 Å². The Hall–Kier alpha value is -2.46. The van der Waals surface area contributed by atoms with E-state index in [0.717, 1.165) is 0 Å². The number of aliphatic hydroxyl groups excluding tert-OH is 1. The molecule has 4 nitrogen and oxygen atoms in total. The zero-order chi connectivity index (χ0) is 14.4. The number of rotatable bonds is 5. The molecule has 1 atom stereocenters. The number of ether oxygens (including phenoxy) is 1. The van der Waals surface area contributed by atoms with Gasteiger partial charge in [-0.15, -0.1) is 0 Å². The quantitative estimate of drug-likeness (QED) is 0.667. The van der Waals surface area contributed by atoms with Crippen molar-refractivity contribution in [3.8, 4) is 0 Å². The molecule has 0 aromatic heterocycles. The molecule has 0 aliphatic rings. The molecule has 2 aromatic rings. The van der Waals surface area contributed by atoms with E-state index < -0.39 is 17.9 Å². The molecule has 0 aliphatic carbocycles. The third-order valence-electron chi connectivity index (χ3n) is 2.74. The van der Waals surface area contributed by atoms with Gasteiger partial charge in [0.2, 0.25) is 0 Å². The van der Waals surface area contributed by atoms with E-state index in [2.05, 4.69) is 0 Å². The van der Waals surface area contributed by atoms with Crippen molar-refractivity contribution in [2.45, 2.75) is 6.10 Å². The zero-order valence-corrected chi connectivity index (χ0v) is 10.7. The lowest BCUT2D eigenvalue weighted by atomic mass is 10.1. The highest BCUT2D eigenvalue weighted by Crippen LogP contribution is 2.06. The first-order chi connectivity index (χ1) is 9.68. The van der Waals surface area contributed by atoms with Crippen molar-refractivity contribution in [2.75, 3.05) is 6.61 Å². The summed E-state index contributed by atoms with van der Waals surface area (Å²) in [6, 6.07) is 16.8. The molecule has 0 aliphatic heterocycles. The van der Waals surface area contributed by atoms with Gasteiger partial charge in [0, 0.05) is 5.56 Å². The van der Waals surface area contributed by atoms with E-state index in [-0.39, 0.29) is 6.61 Å². The molecule has 20 heavy (non-hydrogen) atoms. The summed E-state index contributed by atoms with van der Waals surface area (Å²) >= 11 is 0. The summed E-state index contributed by atoms with van der Waals surface area (Å²) in [5.74, 6) is -1.03. The fourth-order valence-electron chi connectivity index (χ4n) is 1.68. The summed E-state index contributed by atoms with van der Waals surface area (Å²) in [6.07, 6.45) is -1.36. The Balaban J connectivity index is 1.91. The van der Waals surface area contributed by atoms with Crippen molar-refractivity contribution >= 4 is 11.8 Å². The van der Waals surface area contributed by atoms with Crippen LogP contribution in [-0.4, -0.2) is 29.6 Å². The van der Waals surface area contributed by atoms with E-state index >= 15 is 0 Å². The van der Waals surface area contributed by atoms with Crippen LogP contribution in [0.1, 0.15) is 20.7 Å². The van der Waals surface area contributed by atoms with Gasteiger partial charge >= 0.3 is 5.97 Å². The first-order valence-electron chi connectivity index (χ1n) is 6.18. The lowest BCUT2D eigenvalue weighted by Gasteiger charge is -2.10. The molecule has 1 N–H and O–H groups in total. The van der Waals surface area contributed by atoms with Crippen molar-refractivity contribution < 1.29 is 19.4 Å². The minimum Gasteiger partial charge on any atom is -0.459 e. The summed E-state index contributed by atoms with van der Waals surface area (Å²) in [5, 5.41) is 9.74. The van der Waals surface area contributed by atoms with Crippen molar-refractivity contribution in [1.82, 2.24) is 0 Å². The fraction of sp³-hybridized carbons (Fsp3) is 0.125. The van der Waals surface area contributed by atoms with Gasteiger partial charge in [0.1, 0.15) is 6.61 Å². The number of benzene rings is 2. The predicted molar refractivity (Wildman–Crippen MR) is 73.5 cm³/mol. The number of carbonyl (C=O) groups excluding carboxylic acids is 2. The van der Waals surface area contributed by atoms with E-state index in [4.69, 9.17) is 4.74 Å². The monoisotopic (exact) mass is 270 g/mol. The number of aliphatic hydroxyl groups is 1. The lowest BCUT2D eigenvalue weighted by Crippen LogP contribution is -2.27. The summed E-state index contributed by atoms with van der Waals surface area (Å²) in [6.45, 7) is -0.360. The van der Waals surface area contributed by atoms with E-state index in [1.54, 1.807) is 60.7 Å². The molecular weight excluding hydrogens is 256 g/mol. The number of ketones is 1. The van der Waals surface area contributed by atoms with Crippen LogP contribution in [0.4, 0.5) is 0 Å². The van der Waals surface area contributed by atoms with Gasteiger partial charge in [-0.1, -0.05) is 48.5 Å². The maximum atomic E-state index is 11.9. The first kappa shape index (κ1) is 14.0. The van der Waals surface area contributed by atoms with Crippen LogP contribution in [0.25, 0.3) is 0 Å². The van der Waals surface area contributed by atoms with E-state index in [0.29, 0.717) is 11.1 Å². The van der Waals surface area contributed by atoms with Crippen LogP contribution in [0.3, 0.4) is 0 Å². The summed E-state index contributed by atoms with van der Waals surface area (Å²) in [7, 11) is 0. The molecule has 2 rings (SSSR count). The molecule has 102 valence electrons. The highest BCUT2D eigenvalue weighted by Gasteiger charge is 2.19. The Labute approximate surface area is 116 Å². The predicted octanol–water partition coefficient (Wildman–Crippen LogP) is 2.09. The number of hydrogen-bond acceptors (Lipinski definition) is 4. The average Bonchev–Trinajstić information content (AvgIpc) is 2.53. The van der Waals surface area contributed by atoms with Gasteiger partial charge in [0.25, 0.3) is 0 Å². The number of Topliss-reactive ketones (excluding diaryl/α,β-unsaturated/α-hetero) is 1. The summed E-state index contributed by atoms with van der Waals surface area (Å²) < 4.78 is 4.92. The molecule has 0 heterocycles. The molecule has 0 saturated heterocycles. The van der Waals surface area contributed by atoms with E-state index in [9.17, 15) is 14.7 Å². The van der Waals surface area contributed by atoms with Gasteiger partial charge in [-0.25, -0.2) is 4.79 Å². The zero-order valence-electron chi connectivity index (χ0n) is 10.7. The summed E-state index contributed by atoms with van der Waals surface area (Å²) in [5.41, 5.74) is 0.766. The van der Waals surface area contributed by atoms with Crippen molar-refractivity contribution in [3.05, 3.63) is 71.8 Å². The Morgan fingerprint density at radius 2 is 1.40 bits per heavy atom. The van der Waals surface area contributed by atoms with E-state index in [1.165, 1.54) is 0 Å². The molecule has 0 saturated carbocycles. The van der Waals surface area contributed by atoms with Gasteiger partial charge in [-0.05, 0) is 12.1 Å². The molecule has 0 fully saturated rings. The molecule has 4 heteroatoms. The first-order valence-corrected chi connectivity index (χ1v) is 6.18. The molecule has 0 radical (unpaired) electrons. The molecule has 0 bridgehead atoms. The second-order valence-corrected chi connectivity index (χ2v) is 4.21. The maximum Gasteiger partial charge on any atom is 0.338 e. The standard InChI is InChI=1S/C16H14O4/c17-14(15(18)12-7-3-1-4-8-12)11-20-16(19)13-9-5-2-6-10-13/h1-10,14,17H,11H2. The molecule has 0 spiro atoms. The minimum absolute atomic E-state index is 0.360. The minimum atomic E-state index is -1.36. The largest absolute Gasteiger partial charge is 0.459 e. The van der Waals surface area contributed by atoms with Gasteiger partial charge in [-0.3, -0.25) is 4.79 Å². The van der Waals surface area contributed by atoms with Crippen LogP contribution >= 0.6 is 0 Å². The normalized spacial score (nSPS) is 11.7. The highest BCUT2D eigenvalue weighted by atomic mass is 16.5. The Morgan fingerprint density at radius 3 is 1.95 bits per heavy atom. The topological polar surface area (TPSA) is 63.6 Å². The number of esters is 1. The number of hydrogen-bond donors (Lipinski definition) is 1. The Bertz CT molecular complexity index is 578. The highest BCUT2D eigenvalue weighted by molar-refractivity contribution is 5.99. The molecular formula is C16H14O4. The van der Waals surface area contributed by atoms with Crippen LogP contribution in [0.5, 0.6) is 0 Å². The van der Waals surface area contributed by atoms with Crippen molar-refractivity contribution in [3.63, 3.8) is 0 Å². The van der Waals surface area contributed by atoms with Crippen molar-refractivity contribution in [2.24, 2.45) is 0 Å². The van der Waals surface area contributed by atoms with Gasteiger partial charge in [0.05, 0.1) is 5.56 Å². The Kier molecular flexibility index (Phi) is 4.63. The molecule has 0 amide bonds. The second kappa shape index (κ2) is 6.63. The summed E-state index contributed by atoms with van der Waals surface area (Å²) in [4.78, 5) is 23.5. The molecule has 1 unspecified atom stereocenters. The maximum absolute atomic E-state index is 11.9. The van der Waals surface area contributed by atoms with E-state index in [1.807, 2.05) is 0 Å². The van der Waals surface area contributed by atoms with Crippen LogP contribution in [-0.2, 0) is 4.74 Å². The Morgan fingerprint density at radius 1 is 0.900 bits per heavy atom. The van der Waals surface area contributed by atoms with Gasteiger partial charge in [-0.2, -0.15) is 0 Å². The van der Waals surface area contributed by atoms with Gasteiger partial charge < -0.3 is 9.84 Å².